The van der Waals surface area contributed by atoms with Crippen LogP contribution in [0.2, 0.25) is 0 Å². The monoisotopic (exact) mass is 376 g/mol. The third-order valence-electron chi connectivity index (χ3n) is 4.61. The van der Waals surface area contributed by atoms with Crippen molar-refractivity contribution in [2.45, 2.75) is 20.3 Å². The van der Waals surface area contributed by atoms with Crippen LogP contribution in [0.25, 0.3) is 0 Å². The largest absolute Gasteiger partial charge is 0.495 e. The number of ether oxygens (including phenoxy) is 1. The van der Waals surface area contributed by atoms with Crippen LogP contribution in [0.4, 0.5) is 5.69 Å². The highest BCUT2D eigenvalue weighted by molar-refractivity contribution is 6.35. The minimum Gasteiger partial charge on any atom is -0.495 e. The molecule has 0 saturated carbocycles. The molecule has 1 aromatic rings. The Hall–Kier alpha value is -2.28. The number of nitrogens with zero attached hydrogens (tertiary/aromatic N) is 2. The predicted molar refractivity (Wildman–Crippen MR) is 107 cm³/mol. The van der Waals surface area contributed by atoms with E-state index in [-0.39, 0.29) is 0 Å². The lowest BCUT2D eigenvalue weighted by Gasteiger charge is -2.36. The number of rotatable bonds is 8. The van der Waals surface area contributed by atoms with Crippen LogP contribution in [0.5, 0.6) is 5.75 Å². The Kier molecular flexibility index (Phi) is 8.39. The number of carbonyl (C=O) groups excluding carboxylic acids is 2. The highest BCUT2D eigenvalue weighted by Gasteiger charge is 2.19. The fourth-order valence-corrected chi connectivity index (χ4v) is 3.07. The molecule has 1 aromatic carbocycles. The average Bonchev–Trinajstić information content (AvgIpc) is 2.69. The van der Waals surface area contributed by atoms with Gasteiger partial charge in [0.1, 0.15) is 5.75 Å². The Labute approximate surface area is 162 Å². The van der Waals surface area contributed by atoms with Gasteiger partial charge in [0.05, 0.1) is 12.8 Å². The van der Waals surface area contributed by atoms with Gasteiger partial charge in [0, 0.05) is 39.3 Å². The molecule has 1 aliphatic rings. The van der Waals surface area contributed by atoms with Crippen molar-refractivity contribution >= 4 is 17.5 Å². The quantitative estimate of drug-likeness (QED) is 0.525. The van der Waals surface area contributed by atoms with Crippen LogP contribution in [-0.2, 0) is 9.59 Å². The van der Waals surface area contributed by atoms with Gasteiger partial charge in [-0.3, -0.25) is 14.5 Å². The fraction of sp³-hybridized carbons (Fsp3) is 0.600. The van der Waals surface area contributed by atoms with Gasteiger partial charge in [0.2, 0.25) is 0 Å². The number of carbonyl (C=O) groups is 2. The lowest BCUT2D eigenvalue weighted by molar-refractivity contribution is -0.139. The molecular formula is C20H32N4O3. The van der Waals surface area contributed by atoms with Crippen molar-refractivity contribution in [1.29, 1.82) is 0 Å². The van der Waals surface area contributed by atoms with Gasteiger partial charge >= 0.3 is 11.8 Å². The van der Waals surface area contributed by atoms with Crippen LogP contribution < -0.4 is 20.3 Å². The second kappa shape index (κ2) is 10.8. The Morgan fingerprint density at radius 3 is 2.41 bits per heavy atom. The summed E-state index contributed by atoms with van der Waals surface area (Å²) >= 11 is 0. The van der Waals surface area contributed by atoms with Gasteiger partial charge in [0.25, 0.3) is 0 Å². The summed E-state index contributed by atoms with van der Waals surface area (Å²) < 4.78 is 5.45. The smallest absolute Gasteiger partial charge is 0.309 e. The van der Waals surface area contributed by atoms with E-state index in [1.54, 1.807) is 7.11 Å². The first-order chi connectivity index (χ1) is 13.0. The molecule has 0 atom stereocenters. The number of amides is 2. The van der Waals surface area contributed by atoms with E-state index >= 15 is 0 Å². The van der Waals surface area contributed by atoms with E-state index in [1.807, 2.05) is 32.0 Å². The van der Waals surface area contributed by atoms with E-state index in [4.69, 9.17) is 4.74 Å². The topological polar surface area (TPSA) is 73.9 Å². The molecule has 1 heterocycles. The molecule has 7 nitrogen and oxygen atoms in total. The van der Waals surface area contributed by atoms with Gasteiger partial charge in [-0.1, -0.05) is 26.0 Å². The summed E-state index contributed by atoms with van der Waals surface area (Å²) in [7, 11) is 1.70. The molecule has 0 bridgehead atoms. The summed E-state index contributed by atoms with van der Waals surface area (Å²) in [5, 5.41) is 5.32. The third kappa shape index (κ3) is 6.75. The average molecular weight is 377 g/mol. The van der Waals surface area contributed by atoms with E-state index in [1.165, 1.54) is 0 Å². The molecule has 7 heteroatoms. The Bertz CT molecular complexity index is 613. The van der Waals surface area contributed by atoms with Crippen molar-refractivity contribution in [2.75, 3.05) is 57.8 Å². The number of benzene rings is 1. The van der Waals surface area contributed by atoms with Crippen molar-refractivity contribution < 1.29 is 14.3 Å². The van der Waals surface area contributed by atoms with Crippen LogP contribution in [0.3, 0.4) is 0 Å². The van der Waals surface area contributed by atoms with Crippen molar-refractivity contribution in [3.8, 4) is 5.75 Å². The first kappa shape index (κ1) is 21.0. The molecule has 27 heavy (non-hydrogen) atoms. The highest BCUT2D eigenvalue weighted by atomic mass is 16.5. The van der Waals surface area contributed by atoms with Crippen molar-refractivity contribution in [2.24, 2.45) is 5.92 Å². The molecule has 2 amide bonds. The summed E-state index contributed by atoms with van der Waals surface area (Å²) in [6.45, 7) is 9.77. The summed E-state index contributed by atoms with van der Waals surface area (Å²) in [5.41, 5.74) is 1.14. The van der Waals surface area contributed by atoms with Gasteiger partial charge in [-0.2, -0.15) is 0 Å². The van der Waals surface area contributed by atoms with E-state index in [0.29, 0.717) is 19.0 Å². The van der Waals surface area contributed by atoms with E-state index in [0.717, 1.165) is 50.6 Å². The summed E-state index contributed by atoms with van der Waals surface area (Å²) in [6, 6.07) is 8.09. The first-order valence-corrected chi connectivity index (χ1v) is 9.67. The molecule has 0 radical (unpaired) electrons. The number of nitrogens with one attached hydrogen (secondary N) is 2. The van der Waals surface area contributed by atoms with Crippen molar-refractivity contribution in [1.82, 2.24) is 15.5 Å². The molecule has 0 aliphatic carbocycles. The number of hydrogen-bond acceptors (Lipinski definition) is 5. The molecule has 1 fully saturated rings. The van der Waals surface area contributed by atoms with E-state index in [2.05, 4.69) is 26.5 Å². The maximum absolute atomic E-state index is 11.7. The lowest BCUT2D eigenvalue weighted by Crippen LogP contribution is -2.47. The van der Waals surface area contributed by atoms with Gasteiger partial charge < -0.3 is 20.3 Å². The fourth-order valence-electron chi connectivity index (χ4n) is 3.07. The maximum atomic E-state index is 11.7. The molecule has 1 aliphatic heterocycles. The van der Waals surface area contributed by atoms with Crippen LogP contribution in [0.15, 0.2) is 24.3 Å². The number of piperazine rings is 1. The lowest BCUT2D eigenvalue weighted by atomic mass is 10.2. The van der Waals surface area contributed by atoms with Gasteiger partial charge in [0.15, 0.2) is 0 Å². The Morgan fingerprint density at radius 1 is 1.07 bits per heavy atom. The summed E-state index contributed by atoms with van der Waals surface area (Å²) in [5.74, 6) is 0.145. The molecule has 0 aromatic heterocycles. The van der Waals surface area contributed by atoms with Crippen molar-refractivity contribution in [3.63, 3.8) is 0 Å². The zero-order valence-electron chi connectivity index (χ0n) is 16.7. The zero-order valence-corrected chi connectivity index (χ0v) is 16.7. The zero-order chi connectivity index (χ0) is 19.6. The molecule has 2 N–H and O–H groups in total. The maximum Gasteiger partial charge on any atom is 0.309 e. The molecule has 1 saturated heterocycles. The van der Waals surface area contributed by atoms with Gasteiger partial charge in [-0.05, 0) is 31.0 Å². The minimum absolute atomic E-state index is 0.330. The predicted octanol–water partition coefficient (Wildman–Crippen LogP) is 1.10. The standard InChI is InChI=1S/C20H32N4O3/c1-16(2)15-22-20(26)19(25)21-9-6-10-23-11-13-24(14-12-23)17-7-4-5-8-18(17)27-3/h4-5,7-8,16H,6,9-15H2,1-3H3,(H,21,25)(H,22,26). The molecule has 150 valence electrons. The first-order valence-electron chi connectivity index (χ1n) is 9.67. The number of para-hydroxylation sites is 2. The van der Waals surface area contributed by atoms with Crippen LogP contribution in [0, 0.1) is 5.92 Å². The highest BCUT2D eigenvalue weighted by Crippen LogP contribution is 2.28. The number of hydrogen-bond donors (Lipinski definition) is 2. The van der Waals surface area contributed by atoms with Crippen LogP contribution in [0.1, 0.15) is 20.3 Å². The molecule has 2 rings (SSSR count). The summed E-state index contributed by atoms with van der Waals surface area (Å²) in [4.78, 5) is 28.1. The van der Waals surface area contributed by atoms with Crippen LogP contribution >= 0.6 is 0 Å². The molecule has 0 unspecified atom stereocenters. The van der Waals surface area contributed by atoms with E-state index in [9.17, 15) is 9.59 Å². The van der Waals surface area contributed by atoms with Gasteiger partial charge in [-0.25, -0.2) is 0 Å². The SMILES string of the molecule is COc1ccccc1N1CCN(CCCNC(=O)C(=O)NCC(C)C)CC1. The summed E-state index contributed by atoms with van der Waals surface area (Å²) in [6.07, 6.45) is 0.831. The normalized spacial score (nSPS) is 14.9. The number of methoxy groups -OCH3 is 1. The van der Waals surface area contributed by atoms with E-state index < -0.39 is 11.8 Å². The van der Waals surface area contributed by atoms with Crippen molar-refractivity contribution in [3.05, 3.63) is 24.3 Å². The number of anilines is 1. The van der Waals surface area contributed by atoms with Gasteiger partial charge in [-0.15, -0.1) is 0 Å². The third-order valence-corrected chi connectivity index (χ3v) is 4.61. The Balaban J connectivity index is 1.64. The second-order valence-electron chi connectivity index (χ2n) is 7.21. The minimum atomic E-state index is -0.547. The second-order valence-corrected chi connectivity index (χ2v) is 7.21. The molecule has 0 spiro atoms. The molecular weight excluding hydrogens is 344 g/mol. The van der Waals surface area contributed by atoms with Crippen LogP contribution in [-0.4, -0.2) is 69.6 Å². The Morgan fingerprint density at radius 2 is 1.74 bits per heavy atom.